The van der Waals surface area contributed by atoms with Crippen molar-refractivity contribution < 1.29 is 4.79 Å². The molecule has 4 saturated carbocycles. The third-order valence-corrected chi connectivity index (χ3v) is 8.31. The zero-order chi connectivity index (χ0) is 14.0. The number of hydrogen-bond acceptors (Lipinski definition) is 4. The van der Waals surface area contributed by atoms with Crippen LogP contribution in [-0.2, 0) is 4.79 Å². The number of aromatic nitrogens is 1. The van der Waals surface area contributed by atoms with Crippen LogP contribution in [0.2, 0.25) is 0 Å². The fraction of sp³-hybridized carbons (Fsp3) is 0.750. The lowest BCUT2D eigenvalue weighted by Crippen LogP contribution is -2.55. The molecule has 1 saturated heterocycles. The highest BCUT2D eigenvalue weighted by Gasteiger charge is 2.58. The van der Waals surface area contributed by atoms with Crippen molar-refractivity contribution in [1.82, 2.24) is 4.98 Å². The number of carbonyl (C=O) groups is 1. The van der Waals surface area contributed by atoms with Crippen molar-refractivity contribution in [3.05, 3.63) is 11.6 Å². The van der Waals surface area contributed by atoms with E-state index in [1.807, 2.05) is 23.3 Å². The fourth-order valence-electron chi connectivity index (χ4n) is 5.90. The van der Waals surface area contributed by atoms with Crippen molar-refractivity contribution in [3.8, 4) is 0 Å². The molecular weight excluding hydrogens is 300 g/mol. The number of rotatable bonds is 2. The summed E-state index contributed by atoms with van der Waals surface area (Å²) in [6.45, 7) is 0. The van der Waals surface area contributed by atoms with E-state index in [0.29, 0.717) is 16.5 Å². The molecule has 21 heavy (non-hydrogen) atoms. The largest absolute Gasteiger partial charge is 0.274 e. The average molecular weight is 320 g/mol. The van der Waals surface area contributed by atoms with E-state index in [4.69, 9.17) is 0 Å². The van der Waals surface area contributed by atoms with Gasteiger partial charge in [-0.25, -0.2) is 4.98 Å². The van der Waals surface area contributed by atoms with Gasteiger partial charge in [0.1, 0.15) is 0 Å². The first-order valence-electron chi connectivity index (χ1n) is 8.07. The maximum absolute atomic E-state index is 12.4. The molecular formula is C16H20N2OS2. The van der Waals surface area contributed by atoms with Gasteiger partial charge in [0.05, 0.1) is 11.1 Å². The monoisotopic (exact) mass is 320 g/mol. The van der Waals surface area contributed by atoms with Crippen molar-refractivity contribution in [2.24, 2.45) is 23.2 Å². The van der Waals surface area contributed by atoms with Gasteiger partial charge >= 0.3 is 0 Å². The van der Waals surface area contributed by atoms with Gasteiger partial charge in [-0.2, -0.15) is 0 Å². The van der Waals surface area contributed by atoms with E-state index in [1.54, 1.807) is 11.3 Å². The van der Waals surface area contributed by atoms with Gasteiger partial charge in [0, 0.05) is 17.0 Å². The molecule has 112 valence electrons. The Balaban J connectivity index is 1.53. The van der Waals surface area contributed by atoms with Gasteiger partial charge in [0.2, 0.25) is 5.91 Å². The molecule has 0 N–H and O–H groups in total. The van der Waals surface area contributed by atoms with Crippen LogP contribution < -0.4 is 4.90 Å². The summed E-state index contributed by atoms with van der Waals surface area (Å²) >= 11 is 3.50. The third-order valence-electron chi connectivity index (χ3n) is 6.10. The van der Waals surface area contributed by atoms with Crippen LogP contribution >= 0.6 is 23.1 Å². The van der Waals surface area contributed by atoms with Crippen molar-refractivity contribution >= 4 is 34.1 Å². The number of anilines is 1. The normalized spacial score (nSPS) is 44.8. The van der Waals surface area contributed by atoms with Gasteiger partial charge in [0.25, 0.3) is 0 Å². The zero-order valence-electron chi connectivity index (χ0n) is 12.0. The standard InChI is InChI=1S/C16H20N2OS2/c19-13-9-21-14(18(13)15-17-1-2-20-15)16-6-10-3-11(7-16)5-12(4-10)8-16/h1-2,10-12,14H,3-9H2/t10?,11?,12?,14-,16?/m1/s1. The Labute approximate surface area is 133 Å². The molecule has 0 spiro atoms. The maximum atomic E-state index is 12.4. The summed E-state index contributed by atoms with van der Waals surface area (Å²) in [5, 5.41) is 3.26. The van der Waals surface area contributed by atoms with Crippen LogP contribution in [0.25, 0.3) is 0 Å². The highest BCUT2D eigenvalue weighted by Crippen LogP contribution is 2.64. The minimum atomic E-state index is 0.274. The predicted molar refractivity (Wildman–Crippen MR) is 86.5 cm³/mol. The second kappa shape index (κ2) is 4.48. The van der Waals surface area contributed by atoms with E-state index < -0.39 is 0 Å². The van der Waals surface area contributed by atoms with Gasteiger partial charge in [0.15, 0.2) is 5.13 Å². The molecule has 0 unspecified atom stereocenters. The lowest BCUT2D eigenvalue weighted by atomic mass is 9.49. The molecule has 5 aliphatic rings. The van der Waals surface area contributed by atoms with Gasteiger partial charge in [-0.3, -0.25) is 9.69 Å². The van der Waals surface area contributed by atoms with E-state index in [1.165, 1.54) is 38.5 Å². The Kier molecular flexibility index (Phi) is 2.76. The quantitative estimate of drug-likeness (QED) is 0.832. The Morgan fingerprint density at radius 2 is 1.81 bits per heavy atom. The Morgan fingerprint density at radius 3 is 2.38 bits per heavy atom. The lowest BCUT2D eigenvalue weighted by Gasteiger charge is -2.59. The molecule has 1 aromatic heterocycles. The van der Waals surface area contributed by atoms with Crippen LogP contribution in [0.5, 0.6) is 0 Å². The smallest absolute Gasteiger partial charge is 0.239 e. The Morgan fingerprint density at radius 1 is 1.14 bits per heavy atom. The SMILES string of the molecule is O=C1CS[C@H](C23CC4CC(CC(C4)C2)C3)N1c1nccs1. The number of hydrogen-bond donors (Lipinski definition) is 0. The van der Waals surface area contributed by atoms with Crippen LogP contribution in [0.1, 0.15) is 38.5 Å². The molecule has 6 rings (SSSR count). The molecule has 1 aliphatic heterocycles. The van der Waals surface area contributed by atoms with Crippen molar-refractivity contribution in [1.29, 1.82) is 0 Å². The highest BCUT2D eigenvalue weighted by atomic mass is 32.2. The molecule has 0 radical (unpaired) electrons. The van der Waals surface area contributed by atoms with Crippen molar-refractivity contribution in [2.75, 3.05) is 10.7 Å². The van der Waals surface area contributed by atoms with E-state index in [-0.39, 0.29) is 5.91 Å². The third kappa shape index (κ3) is 1.86. The van der Waals surface area contributed by atoms with E-state index in [0.717, 1.165) is 22.9 Å². The van der Waals surface area contributed by atoms with Crippen LogP contribution in [0.15, 0.2) is 11.6 Å². The summed E-state index contributed by atoms with van der Waals surface area (Å²) in [4.78, 5) is 18.9. The van der Waals surface area contributed by atoms with Gasteiger partial charge < -0.3 is 0 Å². The van der Waals surface area contributed by atoms with Crippen LogP contribution in [0.3, 0.4) is 0 Å². The maximum Gasteiger partial charge on any atom is 0.239 e. The summed E-state index contributed by atoms with van der Waals surface area (Å²) in [5.41, 5.74) is 0.386. The van der Waals surface area contributed by atoms with Gasteiger partial charge in [-0.05, 0) is 56.3 Å². The second-order valence-corrected chi connectivity index (χ2v) is 9.46. The molecule has 0 aromatic carbocycles. The number of nitrogens with zero attached hydrogens (tertiary/aromatic N) is 2. The van der Waals surface area contributed by atoms with Crippen LogP contribution in [-0.4, -0.2) is 22.0 Å². The molecule has 4 bridgehead atoms. The average Bonchev–Trinajstić information content (AvgIpc) is 3.05. The lowest BCUT2D eigenvalue weighted by molar-refractivity contribution is -0.117. The van der Waals surface area contributed by atoms with Crippen LogP contribution in [0, 0.1) is 23.2 Å². The molecule has 1 amide bonds. The summed E-state index contributed by atoms with van der Waals surface area (Å²) in [5.74, 6) is 3.73. The van der Waals surface area contributed by atoms with Gasteiger partial charge in [-0.15, -0.1) is 23.1 Å². The topological polar surface area (TPSA) is 33.2 Å². The summed E-state index contributed by atoms with van der Waals surface area (Å²) in [7, 11) is 0. The molecule has 1 atom stereocenters. The molecule has 4 aliphatic carbocycles. The predicted octanol–water partition coefficient (Wildman–Crippen LogP) is 3.77. The first-order chi connectivity index (χ1) is 10.2. The van der Waals surface area contributed by atoms with E-state index in [9.17, 15) is 4.79 Å². The second-order valence-electron chi connectivity index (χ2n) is 7.52. The van der Waals surface area contributed by atoms with Gasteiger partial charge in [-0.1, -0.05) is 0 Å². The zero-order valence-corrected chi connectivity index (χ0v) is 13.7. The number of thiazole rings is 1. The number of carbonyl (C=O) groups excluding carboxylic acids is 1. The van der Waals surface area contributed by atoms with E-state index >= 15 is 0 Å². The van der Waals surface area contributed by atoms with Crippen molar-refractivity contribution in [3.63, 3.8) is 0 Å². The molecule has 5 fully saturated rings. The fourth-order valence-corrected chi connectivity index (χ4v) is 8.10. The highest BCUT2D eigenvalue weighted by molar-refractivity contribution is 8.01. The molecule has 2 heterocycles. The number of thioether (sulfide) groups is 1. The number of amides is 1. The van der Waals surface area contributed by atoms with E-state index in [2.05, 4.69) is 9.88 Å². The van der Waals surface area contributed by atoms with Crippen LogP contribution in [0.4, 0.5) is 5.13 Å². The summed E-state index contributed by atoms with van der Waals surface area (Å²) in [6.07, 6.45) is 10.3. The molecule has 3 nitrogen and oxygen atoms in total. The first kappa shape index (κ1) is 12.9. The van der Waals surface area contributed by atoms with Crippen molar-refractivity contribution in [2.45, 2.75) is 43.9 Å². The minimum absolute atomic E-state index is 0.274. The first-order valence-corrected chi connectivity index (χ1v) is 9.99. The minimum Gasteiger partial charge on any atom is -0.274 e. The molecule has 5 heteroatoms. The molecule has 1 aromatic rings. The Bertz CT molecular complexity index is 536. The summed E-state index contributed by atoms with van der Waals surface area (Å²) in [6, 6.07) is 0. The Hall–Kier alpha value is -0.550. The summed E-state index contributed by atoms with van der Waals surface area (Å²) < 4.78 is 0.